The maximum atomic E-state index is 5.01. The first-order chi connectivity index (χ1) is 6.95. The first-order valence-electron chi connectivity index (χ1n) is 5.76. The summed E-state index contributed by atoms with van der Waals surface area (Å²) in [5, 5.41) is 0. The molecule has 1 heteroatoms. The average Bonchev–Trinajstić information content (AvgIpc) is 2.17. The van der Waals surface area contributed by atoms with Crippen LogP contribution in [0.25, 0.3) is 0 Å². The summed E-state index contributed by atoms with van der Waals surface area (Å²) in [6, 6.07) is 8.79. The van der Waals surface area contributed by atoms with Crippen molar-refractivity contribution in [1.29, 1.82) is 0 Å². The number of hydrogen-bond acceptors (Lipinski definition) is 1. The van der Waals surface area contributed by atoms with Crippen molar-refractivity contribution in [2.24, 2.45) is 5.41 Å². The highest BCUT2D eigenvalue weighted by molar-refractivity contribution is 7.81. The minimum atomic E-state index is 0.0435. The van der Waals surface area contributed by atoms with Gasteiger partial charge in [0, 0.05) is 4.75 Å². The SMILES string of the molecule is CC(C)(C)C1(S)CCCc2ccccc21. The molecule has 1 unspecified atom stereocenters. The smallest absolute Gasteiger partial charge is 0.0429 e. The molecule has 0 spiro atoms. The van der Waals surface area contributed by atoms with Crippen LogP contribution >= 0.6 is 12.6 Å². The fourth-order valence-electron chi connectivity index (χ4n) is 2.59. The molecule has 0 amide bonds. The van der Waals surface area contributed by atoms with Crippen molar-refractivity contribution in [1.82, 2.24) is 0 Å². The number of aryl methyl sites for hydroxylation is 1. The van der Waals surface area contributed by atoms with E-state index in [-0.39, 0.29) is 10.2 Å². The lowest BCUT2D eigenvalue weighted by atomic mass is 9.68. The van der Waals surface area contributed by atoms with E-state index < -0.39 is 0 Å². The van der Waals surface area contributed by atoms with Crippen LogP contribution in [-0.2, 0) is 11.2 Å². The van der Waals surface area contributed by atoms with Crippen molar-refractivity contribution in [2.45, 2.75) is 44.8 Å². The first kappa shape index (κ1) is 11.1. The molecule has 0 fully saturated rings. The maximum absolute atomic E-state index is 5.01. The number of hydrogen-bond donors (Lipinski definition) is 1. The number of thiol groups is 1. The fraction of sp³-hybridized carbons (Fsp3) is 0.571. The molecule has 0 saturated carbocycles. The van der Waals surface area contributed by atoms with Gasteiger partial charge in [-0.25, -0.2) is 0 Å². The molecule has 1 atom stereocenters. The minimum absolute atomic E-state index is 0.0435. The second-order valence-electron chi connectivity index (χ2n) is 5.62. The summed E-state index contributed by atoms with van der Waals surface area (Å²) < 4.78 is 0.0435. The highest BCUT2D eigenvalue weighted by Gasteiger charge is 2.42. The number of rotatable bonds is 0. The highest BCUT2D eigenvalue weighted by atomic mass is 32.1. The Balaban J connectivity index is 2.55. The van der Waals surface area contributed by atoms with Gasteiger partial charge in [-0.15, -0.1) is 0 Å². The third-order valence-corrected chi connectivity index (χ3v) is 4.82. The molecule has 1 aliphatic rings. The lowest BCUT2D eigenvalue weighted by Gasteiger charge is -2.45. The molecule has 82 valence electrons. The van der Waals surface area contributed by atoms with Gasteiger partial charge in [-0.2, -0.15) is 12.6 Å². The van der Waals surface area contributed by atoms with Gasteiger partial charge in [0.05, 0.1) is 0 Å². The summed E-state index contributed by atoms with van der Waals surface area (Å²) in [4.78, 5) is 0. The molecule has 0 heterocycles. The van der Waals surface area contributed by atoms with Crippen LogP contribution in [0.4, 0.5) is 0 Å². The topological polar surface area (TPSA) is 0 Å². The Bertz CT molecular complexity index is 362. The Kier molecular flexibility index (Phi) is 2.62. The normalized spacial score (nSPS) is 26.1. The zero-order valence-corrected chi connectivity index (χ0v) is 10.8. The molecule has 1 aliphatic carbocycles. The molecule has 15 heavy (non-hydrogen) atoms. The quantitative estimate of drug-likeness (QED) is 0.623. The Morgan fingerprint density at radius 3 is 2.53 bits per heavy atom. The summed E-state index contributed by atoms with van der Waals surface area (Å²) in [7, 11) is 0. The van der Waals surface area contributed by atoms with Crippen LogP contribution in [0.3, 0.4) is 0 Å². The van der Waals surface area contributed by atoms with Crippen LogP contribution in [-0.4, -0.2) is 0 Å². The van der Waals surface area contributed by atoms with Gasteiger partial charge in [0.25, 0.3) is 0 Å². The molecular weight excluding hydrogens is 200 g/mol. The zero-order valence-electron chi connectivity index (χ0n) is 9.88. The van der Waals surface area contributed by atoms with Gasteiger partial charge in [-0.1, -0.05) is 45.0 Å². The van der Waals surface area contributed by atoms with Gasteiger partial charge in [-0.3, -0.25) is 0 Å². The van der Waals surface area contributed by atoms with E-state index >= 15 is 0 Å². The predicted molar refractivity (Wildman–Crippen MR) is 69.5 cm³/mol. The maximum Gasteiger partial charge on any atom is 0.0429 e. The Morgan fingerprint density at radius 1 is 1.20 bits per heavy atom. The molecule has 0 saturated heterocycles. The van der Waals surface area contributed by atoms with Gasteiger partial charge in [-0.05, 0) is 35.8 Å². The van der Waals surface area contributed by atoms with Gasteiger partial charge < -0.3 is 0 Å². The van der Waals surface area contributed by atoms with Crippen LogP contribution in [0.15, 0.2) is 24.3 Å². The predicted octanol–water partition coefficient (Wildman–Crippen LogP) is 4.19. The lowest BCUT2D eigenvalue weighted by molar-refractivity contribution is 0.256. The van der Waals surface area contributed by atoms with Crippen LogP contribution < -0.4 is 0 Å². The van der Waals surface area contributed by atoms with Crippen LogP contribution in [0.5, 0.6) is 0 Å². The van der Waals surface area contributed by atoms with Crippen LogP contribution in [0.1, 0.15) is 44.7 Å². The lowest BCUT2D eigenvalue weighted by Crippen LogP contribution is -2.38. The second-order valence-corrected chi connectivity index (χ2v) is 6.38. The number of benzene rings is 1. The second kappa shape index (κ2) is 3.55. The fourth-order valence-corrected chi connectivity index (χ4v) is 2.97. The van der Waals surface area contributed by atoms with Crippen LogP contribution in [0, 0.1) is 5.41 Å². The standard InChI is InChI=1S/C14H20S/c1-13(2,3)14(15)10-6-8-11-7-4-5-9-12(11)14/h4-5,7,9,15H,6,8,10H2,1-3H3. The summed E-state index contributed by atoms with van der Waals surface area (Å²) >= 11 is 5.01. The summed E-state index contributed by atoms with van der Waals surface area (Å²) in [6.07, 6.45) is 3.67. The minimum Gasteiger partial charge on any atom is -0.167 e. The van der Waals surface area contributed by atoms with Crippen molar-refractivity contribution in [3.8, 4) is 0 Å². The Labute approximate surface area is 98.5 Å². The monoisotopic (exact) mass is 220 g/mol. The third kappa shape index (κ3) is 1.71. The van der Waals surface area contributed by atoms with E-state index in [1.807, 2.05) is 0 Å². The molecular formula is C14H20S. The van der Waals surface area contributed by atoms with Crippen molar-refractivity contribution >= 4 is 12.6 Å². The average molecular weight is 220 g/mol. The van der Waals surface area contributed by atoms with E-state index in [9.17, 15) is 0 Å². The van der Waals surface area contributed by atoms with Crippen molar-refractivity contribution in [2.75, 3.05) is 0 Å². The van der Waals surface area contributed by atoms with Crippen molar-refractivity contribution in [3.63, 3.8) is 0 Å². The van der Waals surface area contributed by atoms with E-state index in [1.54, 1.807) is 0 Å². The zero-order chi connectivity index (χ0) is 11.1. The summed E-state index contributed by atoms with van der Waals surface area (Å²) in [5.74, 6) is 0. The van der Waals surface area contributed by atoms with E-state index in [1.165, 1.54) is 30.4 Å². The molecule has 1 aromatic rings. The molecule has 0 bridgehead atoms. The van der Waals surface area contributed by atoms with E-state index in [0.717, 1.165) is 0 Å². The van der Waals surface area contributed by atoms with E-state index in [0.29, 0.717) is 0 Å². The van der Waals surface area contributed by atoms with Crippen molar-refractivity contribution in [3.05, 3.63) is 35.4 Å². The Morgan fingerprint density at radius 2 is 1.87 bits per heavy atom. The van der Waals surface area contributed by atoms with E-state index in [4.69, 9.17) is 12.6 Å². The Hall–Kier alpha value is -0.430. The van der Waals surface area contributed by atoms with Gasteiger partial charge in [0.2, 0.25) is 0 Å². The molecule has 0 aliphatic heterocycles. The third-order valence-electron chi connectivity index (χ3n) is 3.69. The van der Waals surface area contributed by atoms with Crippen molar-refractivity contribution < 1.29 is 0 Å². The summed E-state index contributed by atoms with van der Waals surface area (Å²) in [5.41, 5.74) is 3.16. The first-order valence-corrected chi connectivity index (χ1v) is 6.21. The van der Waals surface area contributed by atoms with Gasteiger partial charge >= 0.3 is 0 Å². The van der Waals surface area contributed by atoms with E-state index in [2.05, 4.69) is 45.0 Å². The molecule has 0 radical (unpaired) electrons. The van der Waals surface area contributed by atoms with Gasteiger partial charge in [0.1, 0.15) is 0 Å². The highest BCUT2D eigenvalue weighted by Crippen LogP contribution is 2.51. The number of fused-ring (bicyclic) bond motifs is 1. The summed E-state index contributed by atoms with van der Waals surface area (Å²) in [6.45, 7) is 6.88. The molecule has 2 rings (SSSR count). The molecule has 0 nitrogen and oxygen atoms in total. The molecule has 0 N–H and O–H groups in total. The molecule has 1 aromatic carbocycles. The molecule has 0 aromatic heterocycles. The largest absolute Gasteiger partial charge is 0.167 e. The van der Waals surface area contributed by atoms with Gasteiger partial charge in [0.15, 0.2) is 0 Å². The van der Waals surface area contributed by atoms with Crippen LogP contribution in [0.2, 0.25) is 0 Å².